The van der Waals surface area contributed by atoms with E-state index in [9.17, 15) is 18.0 Å². The van der Waals surface area contributed by atoms with E-state index >= 15 is 0 Å². The van der Waals surface area contributed by atoms with Crippen molar-refractivity contribution in [3.8, 4) is 0 Å². The Morgan fingerprint density at radius 2 is 1.92 bits per heavy atom. The van der Waals surface area contributed by atoms with Gasteiger partial charge in [-0.3, -0.25) is 9.59 Å². The first-order valence-corrected chi connectivity index (χ1v) is 9.66. The van der Waals surface area contributed by atoms with Crippen LogP contribution in [0.25, 0.3) is 0 Å². The van der Waals surface area contributed by atoms with Gasteiger partial charge in [0.25, 0.3) is 5.91 Å². The van der Waals surface area contributed by atoms with Gasteiger partial charge in [0.05, 0.1) is 24.7 Å². The second kappa shape index (κ2) is 7.51. The van der Waals surface area contributed by atoms with E-state index in [1.807, 2.05) is 0 Å². The van der Waals surface area contributed by atoms with Gasteiger partial charge in [-0.2, -0.15) is 4.31 Å². The van der Waals surface area contributed by atoms with Crippen LogP contribution in [0.2, 0.25) is 0 Å². The number of benzene rings is 1. The molecule has 25 heavy (non-hydrogen) atoms. The normalized spacial score (nSPS) is 18.6. The zero-order chi connectivity index (χ0) is 17.9. The van der Waals surface area contributed by atoms with Gasteiger partial charge in [0.2, 0.25) is 15.9 Å². The molecule has 2 amide bonds. The molecule has 1 heterocycles. The Balaban J connectivity index is 1.65. The molecule has 0 aromatic heterocycles. The number of morpholine rings is 1. The van der Waals surface area contributed by atoms with E-state index in [0.29, 0.717) is 26.3 Å². The first-order chi connectivity index (χ1) is 12.0. The molecule has 1 saturated heterocycles. The molecule has 1 saturated carbocycles. The van der Waals surface area contributed by atoms with E-state index in [2.05, 4.69) is 10.6 Å². The summed E-state index contributed by atoms with van der Waals surface area (Å²) in [5, 5.41) is 5.28. The lowest BCUT2D eigenvalue weighted by molar-refractivity contribution is -0.120. The summed E-state index contributed by atoms with van der Waals surface area (Å²) in [5.41, 5.74) is 0.202. The molecular formula is C16H21N3O5S. The molecule has 0 radical (unpaired) electrons. The highest BCUT2D eigenvalue weighted by atomic mass is 32.2. The molecular weight excluding hydrogens is 346 g/mol. The maximum atomic E-state index is 12.6. The van der Waals surface area contributed by atoms with Crippen LogP contribution in [-0.2, 0) is 19.6 Å². The molecule has 8 nitrogen and oxygen atoms in total. The maximum absolute atomic E-state index is 12.6. The van der Waals surface area contributed by atoms with Gasteiger partial charge in [-0.05, 0) is 31.0 Å². The second-order valence-corrected chi connectivity index (χ2v) is 8.01. The Kier molecular flexibility index (Phi) is 5.36. The number of carbonyl (C=O) groups is 2. The molecule has 0 spiro atoms. The van der Waals surface area contributed by atoms with E-state index in [0.717, 1.165) is 12.8 Å². The monoisotopic (exact) mass is 367 g/mol. The van der Waals surface area contributed by atoms with Crippen molar-refractivity contribution >= 4 is 21.8 Å². The molecule has 136 valence electrons. The summed E-state index contributed by atoms with van der Waals surface area (Å²) >= 11 is 0. The smallest absolute Gasteiger partial charge is 0.251 e. The van der Waals surface area contributed by atoms with Gasteiger partial charge in [-0.15, -0.1) is 0 Å². The molecule has 9 heteroatoms. The summed E-state index contributed by atoms with van der Waals surface area (Å²) in [7, 11) is -3.66. The van der Waals surface area contributed by atoms with Crippen molar-refractivity contribution in [1.82, 2.24) is 14.9 Å². The third kappa shape index (κ3) is 4.56. The number of amides is 2. The van der Waals surface area contributed by atoms with Gasteiger partial charge in [0.15, 0.2) is 0 Å². The number of sulfonamides is 1. The lowest BCUT2D eigenvalue weighted by Gasteiger charge is -2.26. The molecule has 0 atom stereocenters. The first-order valence-electron chi connectivity index (χ1n) is 8.22. The average molecular weight is 367 g/mol. The van der Waals surface area contributed by atoms with Crippen molar-refractivity contribution in [3.05, 3.63) is 29.8 Å². The fourth-order valence-corrected chi connectivity index (χ4v) is 3.96. The zero-order valence-electron chi connectivity index (χ0n) is 13.7. The summed E-state index contributed by atoms with van der Waals surface area (Å²) in [6.07, 6.45) is 1.95. The largest absolute Gasteiger partial charge is 0.379 e. The summed E-state index contributed by atoms with van der Waals surface area (Å²) in [4.78, 5) is 23.9. The van der Waals surface area contributed by atoms with Crippen molar-refractivity contribution in [2.24, 2.45) is 0 Å². The van der Waals surface area contributed by atoms with Crippen molar-refractivity contribution in [2.75, 3.05) is 32.8 Å². The highest BCUT2D eigenvalue weighted by Crippen LogP contribution is 2.19. The zero-order valence-corrected chi connectivity index (χ0v) is 14.5. The van der Waals surface area contributed by atoms with Crippen LogP contribution in [0, 0.1) is 0 Å². The van der Waals surface area contributed by atoms with Gasteiger partial charge < -0.3 is 15.4 Å². The maximum Gasteiger partial charge on any atom is 0.251 e. The topological polar surface area (TPSA) is 105 Å². The minimum atomic E-state index is -3.66. The lowest BCUT2D eigenvalue weighted by atomic mass is 10.2. The quantitative estimate of drug-likeness (QED) is 0.719. The van der Waals surface area contributed by atoms with Crippen LogP contribution < -0.4 is 10.6 Å². The fourth-order valence-electron chi connectivity index (χ4n) is 2.50. The van der Waals surface area contributed by atoms with Crippen molar-refractivity contribution < 1.29 is 22.7 Å². The van der Waals surface area contributed by atoms with E-state index in [4.69, 9.17) is 4.74 Å². The molecule has 1 aromatic carbocycles. The Morgan fingerprint density at radius 1 is 1.20 bits per heavy atom. The minimum absolute atomic E-state index is 0.0597. The van der Waals surface area contributed by atoms with E-state index in [-0.39, 0.29) is 29.0 Å². The molecule has 0 unspecified atom stereocenters. The second-order valence-electron chi connectivity index (χ2n) is 6.07. The third-order valence-corrected chi connectivity index (χ3v) is 5.95. The lowest BCUT2D eigenvalue weighted by Crippen LogP contribution is -2.40. The summed E-state index contributed by atoms with van der Waals surface area (Å²) in [6, 6.07) is 6.06. The van der Waals surface area contributed by atoms with Gasteiger partial charge >= 0.3 is 0 Å². The average Bonchev–Trinajstić information content (AvgIpc) is 3.44. The van der Waals surface area contributed by atoms with Crippen molar-refractivity contribution in [1.29, 1.82) is 0 Å². The van der Waals surface area contributed by atoms with Gasteiger partial charge in [0.1, 0.15) is 0 Å². The van der Waals surface area contributed by atoms with Crippen molar-refractivity contribution in [2.45, 2.75) is 23.8 Å². The SMILES string of the molecule is O=C(CNC(=O)c1cccc(S(=O)(=O)N2CCOCC2)c1)NC1CC1. The summed E-state index contributed by atoms with van der Waals surface area (Å²) in [6.45, 7) is 1.17. The molecule has 2 aliphatic rings. The number of nitrogens with zero attached hydrogens (tertiary/aromatic N) is 1. The molecule has 1 aliphatic carbocycles. The number of rotatable bonds is 6. The molecule has 2 N–H and O–H groups in total. The Morgan fingerprint density at radius 3 is 2.60 bits per heavy atom. The highest BCUT2D eigenvalue weighted by Gasteiger charge is 2.27. The number of ether oxygens (including phenoxy) is 1. The number of hydrogen-bond acceptors (Lipinski definition) is 5. The van der Waals surface area contributed by atoms with Crippen molar-refractivity contribution in [3.63, 3.8) is 0 Å². The van der Waals surface area contributed by atoms with Crippen LogP contribution in [0.1, 0.15) is 23.2 Å². The number of carbonyl (C=O) groups excluding carboxylic acids is 2. The van der Waals surface area contributed by atoms with E-state index in [1.54, 1.807) is 0 Å². The first kappa shape index (κ1) is 17.8. The Hall–Kier alpha value is -1.97. The van der Waals surface area contributed by atoms with Gasteiger partial charge in [-0.1, -0.05) is 6.07 Å². The van der Waals surface area contributed by atoms with E-state index in [1.165, 1.54) is 28.6 Å². The Bertz CT molecular complexity index is 755. The molecule has 2 fully saturated rings. The Labute approximate surface area is 146 Å². The van der Waals surface area contributed by atoms with Crippen LogP contribution in [0.5, 0.6) is 0 Å². The van der Waals surface area contributed by atoms with E-state index < -0.39 is 15.9 Å². The minimum Gasteiger partial charge on any atom is -0.379 e. The summed E-state index contributed by atoms with van der Waals surface area (Å²) < 4.78 is 31.8. The van der Waals surface area contributed by atoms with Crippen LogP contribution in [-0.4, -0.2) is 63.4 Å². The predicted octanol–water partition coefficient (Wildman–Crippen LogP) is -0.284. The van der Waals surface area contributed by atoms with Crippen LogP contribution in [0.4, 0.5) is 0 Å². The standard InChI is InChI=1S/C16H21N3O5S/c20-15(18-13-4-5-13)11-17-16(21)12-2-1-3-14(10-12)25(22,23)19-6-8-24-9-7-19/h1-3,10,13H,4-9,11H2,(H,17,21)(H,18,20). The highest BCUT2D eigenvalue weighted by molar-refractivity contribution is 7.89. The summed E-state index contributed by atoms with van der Waals surface area (Å²) in [5.74, 6) is -0.724. The fraction of sp³-hybridized carbons (Fsp3) is 0.500. The predicted molar refractivity (Wildman–Crippen MR) is 89.5 cm³/mol. The molecule has 0 bridgehead atoms. The molecule has 3 rings (SSSR count). The number of nitrogens with one attached hydrogen (secondary N) is 2. The van der Waals surface area contributed by atoms with Crippen LogP contribution in [0.15, 0.2) is 29.2 Å². The van der Waals surface area contributed by atoms with Gasteiger partial charge in [-0.25, -0.2) is 8.42 Å². The number of hydrogen-bond donors (Lipinski definition) is 2. The van der Waals surface area contributed by atoms with Crippen LogP contribution >= 0.6 is 0 Å². The molecule has 1 aliphatic heterocycles. The molecule has 1 aromatic rings. The third-order valence-electron chi connectivity index (χ3n) is 4.06. The van der Waals surface area contributed by atoms with Crippen LogP contribution in [0.3, 0.4) is 0 Å². The van der Waals surface area contributed by atoms with Gasteiger partial charge in [0, 0.05) is 24.7 Å².